The van der Waals surface area contributed by atoms with Crippen molar-refractivity contribution in [3.05, 3.63) is 0 Å². The van der Waals surface area contributed by atoms with Gasteiger partial charge in [0.05, 0.1) is 6.04 Å². The summed E-state index contributed by atoms with van der Waals surface area (Å²) < 4.78 is 0. The van der Waals surface area contributed by atoms with E-state index >= 15 is 0 Å². The molecular formula is C13H26N4O2. The first-order valence-electron chi connectivity index (χ1n) is 6.97. The summed E-state index contributed by atoms with van der Waals surface area (Å²) in [4.78, 5) is 25.3. The van der Waals surface area contributed by atoms with Crippen molar-refractivity contribution < 1.29 is 9.59 Å². The molecule has 0 aromatic rings. The third kappa shape index (κ3) is 4.80. The lowest BCUT2D eigenvalue weighted by molar-refractivity contribution is -0.125. The molecule has 1 rings (SSSR count). The summed E-state index contributed by atoms with van der Waals surface area (Å²) in [6.07, 6.45) is 2.34. The SMILES string of the molecule is CNC(=O)NC(=O)C(C)N(CC1CCCN1)C(C)C. The van der Waals surface area contributed by atoms with E-state index in [-0.39, 0.29) is 18.0 Å². The molecule has 3 N–H and O–H groups in total. The maximum Gasteiger partial charge on any atom is 0.321 e. The van der Waals surface area contributed by atoms with Crippen molar-refractivity contribution >= 4 is 11.9 Å². The predicted molar refractivity (Wildman–Crippen MR) is 74.9 cm³/mol. The van der Waals surface area contributed by atoms with Gasteiger partial charge in [0, 0.05) is 25.7 Å². The number of rotatable bonds is 5. The summed E-state index contributed by atoms with van der Waals surface area (Å²) in [5.41, 5.74) is 0. The van der Waals surface area contributed by atoms with E-state index in [9.17, 15) is 9.59 Å². The van der Waals surface area contributed by atoms with Crippen molar-refractivity contribution in [1.82, 2.24) is 20.9 Å². The molecule has 0 aromatic heterocycles. The molecule has 0 aromatic carbocycles. The summed E-state index contributed by atoms with van der Waals surface area (Å²) >= 11 is 0. The van der Waals surface area contributed by atoms with Crippen LogP contribution in [0.1, 0.15) is 33.6 Å². The lowest BCUT2D eigenvalue weighted by Gasteiger charge is -2.33. The number of hydrogen-bond donors (Lipinski definition) is 3. The molecule has 2 unspecified atom stereocenters. The number of urea groups is 1. The molecule has 2 atom stereocenters. The lowest BCUT2D eigenvalue weighted by Crippen LogP contribution is -2.53. The van der Waals surface area contributed by atoms with Gasteiger partial charge in [0.15, 0.2) is 0 Å². The Morgan fingerprint density at radius 3 is 2.53 bits per heavy atom. The van der Waals surface area contributed by atoms with Gasteiger partial charge in [-0.15, -0.1) is 0 Å². The van der Waals surface area contributed by atoms with Crippen molar-refractivity contribution in [2.45, 2.75) is 51.7 Å². The molecule has 1 fully saturated rings. The Morgan fingerprint density at radius 1 is 1.37 bits per heavy atom. The van der Waals surface area contributed by atoms with E-state index in [1.807, 2.05) is 6.92 Å². The molecule has 6 nitrogen and oxygen atoms in total. The molecule has 1 aliphatic rings. The van der Waals surface area contributed by atoms with E-state index in [0.29, 0.717) is 6.04 Å². The second-order valence-corrected chi connectivity index (χ2v) is 5.33. The van der Waals surface area contributed by atoms with Crippen LogP contribution in [-0.2, 0) is 4.79 Å². The topological polar surface area (TPSA) is 73.5 Å². The molecular weight excluding hydrogens is 244 g/mol. The zero-order valence-electron chi connectivity index (χ0n) is 12.3. The summed E-state index contributed by atoms with van der Waals surface area (Å²) in [6, 6.07) is -0.0789. The Hall–Kier alpha value is -1.14. The Kier molecular flexibility index (Phi) is 6.24. The van der Waals surface area contributed by atoms with Gasteiger partial charge in [-0.05, 0) is 40.2 Å². The minimum absolute atomic E-state index is 0.257. The van der Waals surface area contributed by atoms with E-state index in [1.54, 1.807) is 0 Å². The molecule has 0 bridgehead atoms. The van der Waals surface area contributed by atoms with Gasteiger partial charge in [-0.1, -0.05) is 0 Å². The molecule has 6 heteroatoms. The number of nitrogens with one attached hydrogen (secondary N) is 3. The summed E-state index contributed by atoms with van der Waals surface area (Å²) in [5.74, 6) is -0.258. The Labute approximate surface area is 115 Å². The average Bonchev–Trinajstić information content (AvgIpc) is 2.87. The summed E-state index contributed by atoms with van der Waals surface area (Å²) in [7, 11) is 1.50. The highest BCUT2D eigenvalue weighted by atomic mass is 16.2. The van der Waals surface area contributed by atoms with Gasteiger partial charge in [-0.3, -0.25) is 15.0 Å². The number of hydrogen-bond acceptors (Lipinski definition) is 4. The van der Waals surface area contributed by atoms with Crippen LogP contribution in [0.3, 0.4) is 0 Å². The maximum atomic E-state index is 12.0. The Bertz CT molecular complexity index is 314. The van der Waals surface area contributed by atoms with Crippen LogP contribution in [0.2, 0.25) is 0 Å². The van der Waals surface area contributed by atoms with Crippen LogP contribution >= 0.6 is 0 Å². The van der Waals surface area contributed by atoms with Crippen molar-refractivity contribution in [3.8, 4) is 0 Å². The molecule has 1 heterocycles. The molecule has 110 valence electrons. The van der Waals surface area contributed by atoms with Gasteiger partial charge >= 0.3 is 6.03 Å². The fourth-order valence-electron chi connectivity index (χ4n) is 2.41. The molecule has 19 heavy (non-hydrogen) atoms. The van der Waals surface area contributed by atoms with E-state index < -0.39 is 6.03 Å². The van der Waals surface area contributed by atoms with Crippen LogP contribution in [0.25, 0.3) is 0 Å². The number of nitrogens with zero attached hydrogens (tertiary/aromatic N) is 1. The van der Waals surface area contributed by atoms with Gasteiger partial charge in [0.25, 0.3) is 0 Å². The molecule has 0 radical (unpaired) electrons. The van der Waals surface area contributed by atoms with Gasteiger partial charge in [0.1, 0.15) is 0 Å². The van der Waals surface area contributed by atoms with Crippen molar-refractivity contribution in [2.24, 2.45) is 0 Å². The zero-order chi connectivity index (χ0) is 14.4. The number of amides is 3. The third-order valence-corrected chi connectivity index (χ3v) is 3.60. The van der Waals surface area contributed by atoms with Crippen molar-refractivity contribution in [1.29, 1.82) is 0 Å². The second-order valence-electron chi connectivity index (χ2n) is 5.33. The Balaban J connectivity index is 2.58. The van der Waals surface area contributed by atoms with Crippen LogP contribution in [0.4, 0.5) is 4.79 Å². The molecule has 0 aliphatic carbocycles. The quantitative estimate of drug-likeness (QED) is 0.671. The minimum atomic E-state index is -0.459. The van der Waals surface area contributed by atoms with Crippen LogP contribution in [0.15, 0.2) is 0 Å². The molecule has 0 saturated carbocycles. The molecule has 1 saturated heterocycles. The van der Waals surface area contributed by atoms with Gasteiger partial charge in [-0.25, -0.2) is 4.79 Å². The van der Waals surface area contributed by atoms with Crippen LogP contribution in [-0.4, -0.2) is 55.1 Å². The summed E-state index contributed by atoms with van der Waals surface area (Å²) in [6.45, 7) is 7.86. The Morgan fingerprint density at radius 2 is 2.05 bits per heavy atom. The number of imide groups is 1. The van der Waals surface area contributed by atoms with E-state index in [0.717, 1.165) is 19.5 Å². The fraction of sp³-hybridized carbons (Fsp3) is 0.846. The van der Waals surface area contributed by atoms with Crippen LogP contribution in [0.5, 0.6) is 0 Å². The van der Waals surface area contributed by atoms with E-state index in [1.165, 1.54) is 13.5 Å². The van der Waals surface area contributed by atoms with Crippen molar-refractivity contribution in [3.63, 3.8) is 0 Å². The zero-order valence-corrected chi connectivity index (χ0v) is 12.3. The molecule has 1 aliphatic heterocycles. The normalized spacial score (nSPS) is 20.6. The van der Waals surface area contributed by atoms with Gasteiger partial charge < -0.3 is 10.6 Å². The average molecular weight is 270 g/mol. The summed E-state index contributed by atoms with van der Waals surface area (Å²) in [5, 5.41) is 8.16. The minimum Gasteiger partial charge on any atom is -0.341 e. The van der Waals surface area contributed by atoms with E-state index in [4.69, 9.17) is 0 Å². The maximum absolute atomic E-state index is 12.0. The smallest absolute Gasteiger partial charge is 0.321 e. The third-order valence-electron chi connectivity index (χ3n) is 3.60. The molecule has 3 amide bonds. The standard InChI is InChI=1S/C13H26N4O2/c1-9(2)17(8-11-6-5-7-15-11)10(3)12(18)16-13(19)14-4/h9-11,15H,5-8H2,1-4H3,(H2,14,16,18,19). The predicted octanol–water partition coefficient (Wildman–Crippen LogP) is 0.293. The van der Waals surface area contributed by atoms with Crippen molar-refractivity contribution in [2.75, 3.05) is 20.1 Å². The second kappa shape index (κ2) is 7.45. The monoisotopic (exact) mass is 270 g/mol. The highest BCUT2D eigenvalue weighted by molar-refractivity contribution is 5.96. The first kappa shape index (κ1) is 15.9. The van der Waals surface area contributed by atoms with Gasteiger partial charge in [-0.2, -0.15) is 0 Å². The highest BCUT2D eigenvalue weighted by Gasteiger charge is 2.28. The van der Waals surface area contributed by atoms with Gasteiger partial charge in [0.2, 0.25) is 5.91 Å². The van der Waals surface area contributed by atoms with Crippen LogP contribution in [0, 0.1) is 0 Å². The highest BCUT2D eigenvalue weighted by Crippen LogP contribution is 2.12. The first-order valence-corrected chi connectivity index (χ1v) is 6.97. The number of carbonyl (C=O) groups is 2. The first-order chi connectivity index (χ1) is 8.95. The lowest BCUT2D eigenvalue weighted by atomic mass is 10.1. The van der Waals surface area contributed by atoms with E-state index in [2.05, 4.69) is 34.7 Å². The van der Waals surface area contributed by atoms with Crippen LogP contribution < -0.4 is 16.0 Å². The fourth-order valence-corrected chi connectivity index (χ4v) is 2.41. The number of carbonyl (C=O) groups excluding carboxylic acids is 2. The molecule has 0 spiro atoms. The largest absolute Gasteiger partial charge is 0.341 e.